The first kappa shape index (κ1) is 10.5. The molecule has 0 aromatic rings. The van der Waals surface area contributed by atoms with Crippen LogP contribution in [0.5, 0.6) is 0 Å². The van der Waals surface area contributed by atoms with Gasteiger partial charge in [-0.05, 0) is 12.8 Å². The van der Waals surface area contributed by atoms with Gasteiger partial charge in [0.1, 0.15) is 0 Å². The zero-order chi connectivity index (χ0) is 9.68. The summed E-state index contributed by atoms with van der Waals surface area (Å²) >= 11 is 0. The van der Waals surface area contributed by atoms with Crippen molar-refractivity contribution in [2.45, 2.75) is 39.2 Å². The highest BCUT2D eigenvalue weighted by molar-refractivity contribution is 5.77. The number of carbonyl (C=O) groups excluding carboxylic acids is 1. The number of carbonyl (C=O) groups is 1. The maximum Gasteiger partial charge on any atom is 0.224 e. The zero-order valence-corrected chi connectivity index (χ0v) is 8.68. The average molecular weight is 184 g/mol. The van der Waals surface area contributed by atoms with Crippen molar-refractivity contribution >= 4 is 5.91 Å². The first-order valence-corrected chi connectivity index (χ1v) is 5.38. The maximum atomic E-state index is 11.4. The molecular weight excluding hydrogens is 164 g/mol. The van der Waals surface area contributed by atoms with Gasteiger partial charge in [-0.3, -0.25) is 4.79 Å². The molecule has 1 N–H and O–H groups in total. The molecular formula is C10H20N2O. The molecule has 0 bridgehead atoms. The van der Waals surface area contributed by atoms with Gasteiger partial charge in [0.15, 0.2) is 0 Å². The van der Waals surface area contributed by atoms with Gasteiger partial charge in [-0.25, -0.2) is 0 Å². The summed E-state index contributed by atoms with van der Waals surface area (Å²) in [5, 5.41) is 3.29. The summed E-state index contributed by atoms with van der Waals surface area (Å²) < 4.78 is 0. The van der Waals surface area contributed by atoms with Gasteiger partial charge in [0.25, 0.3) is 0 Å². The first-order valence-electron chi connectivity index (χ1n) is 5.38. The van der Waals surface area contributed by atoms with E-state index in [0.717, 1.165) is 19.6 Å². The van der Waals surface area contributed by atoms with Crippen LogP contribution in [-0.4, -0.2) is 36.5 Å². The molecule has 0 aliphatic carbocycles. The fourth-order valence-electron chi connectivity index (χ4n) is 1.98. The van der Waals surface area contributed by atoms with E-state index in [2.05, 4.69) is 5.32 Å². The van der Waals surface area contributed by atoms with E-state index >= 15 is 0 Å². The predicted molar refractivity (Wildman–Crippen MR) is 53.6 cm³/mol. The minimum Gasteiger partial charge on any atom is -0.338 e. The van der Waals surface area contributed by atoms with Crippen molar-refractivity contribution < 1.29 is 4.79 Å². The molecule has 2 saturated heterocycles. The molecule has 0 saturated carbocycles. The number of nitrogens with zero attached hydrogens (tertiary/aromatic N) is 1. The summed E-state index contributed by atoms with van der Waals surface area (Å²) in [5.74, 6) is 0.345. The van der Waals surface area contributed by atoms with Crippen molar-refractivity contribution in [2.24, 2.45) is 0 Å². The Bertz CT molecular complexity index is 170. The molecule has 3 nitrogen and oxygen atoms in total. The van der Waals surface area contributed by atoms with E-state index in [9.17, 15) is 4.79 Å². The molecule has 0 aromatic heterocycles. The van der Waals surface area contributed by atoms with Crippen LogP contribution in [0.1, 0.15) is 33.1 Å². The Morgan fingerprint density at radius 3 is 3.00 bits per heavy atom. The molecule has 76 valence electrons. The van der Waals surface area contributed by atoms with Gasteiger partial charge in [0.05, 0.1) is 0 Å². The Labute approximate surface area is 80.5 Å². The van der Waals surface area contributed by atoms with Gasteiger partial charge in [-0.15, -0.1) is 0 Å². The lowest BCUT2D eigenvalue weighted by Crippen LogP contribution is -2.37. The molecule has 1 atom stereocenters. The standard InChI is InChI=1S/C8H14N2O.C2H6/c11-8-3-4-9-6-7-2-1-5-10(7)8;1-2/h7,9H,1-6H2;1-2H3. The summed E-state index contributed by atoms with van der Waals surface area (Å²) in [6, 6.07) is 0.505. The third-order valence-corrected chi connectivity index (χ3v) is 2.59. The molecule has 2 heterocycles. The first-order chi connectivity index (χ1) is 6.38. The van der Waals surface area contributed by atoms with E-state index in [0.29, 0.717) is 18.4 Å². The van der Waals surface area contributed by atoms with Crippen LogP contribution in [0.2, 0.25) is 0 Å². The van der Waals surface area contributed by atoms with Crippen LogP contribution >= 0.6 is 0 Å². The van der Waals surface area contributed by atoms with Gasteiger partial charge in [0, 0.05) is 32.1 Å². The molecule has 2 aliphatic heterocycles. The normalized spacial score (nSPS) is 27.4. The minimum absolute atomic E-state index is 0.345. The Morgan fingerprint density at radius 1 is 1.46 bits per heavy atom. The van der Waals surface area contributed by atoms with Gasteiger partial charge in [-0.2, -0.15) is 0 Å². The monoisotopic (exact) mass is 184 g/mol. The molecule has 0 spiro atoms. The fourth-order valence-corrected chi connectivity index (χ4v) is 1.98. The lowest BCUT2D eigenvalue weighted by Gasteiger charge is -2.20. The highest BCUT2D eigenvalue weighted by Gasteiger charge is 2.29. The summed E-state index contributed by atoms with van der Waals surface area (Å²) in [6.45, 7) is 6.86. The smallest absolute Gasteiger partial charge is 0.224 e. The van der Waals surface area contributed by atoms with Crippen LogP contribution in [0.4, 0.5) is 0 Å². The number of fused-ring (bicyclic) bond motifs is 1. The minimum atomic E-state index is 0.345. The van der Waals surface area contributed by atoms with E-state index in [1.807, 2.05) is 18.7 Å². The predicted octanol–water partition coefficient (Wildman–Crippen LogP) is 0.997. The summed E-state index contributed by atoms with van der Waals surface area (Å²) in [5.41, 5.74) is 0. The molecule has 13 heavy (non-hydrogen) atoms. The van der Waals surface area contributed by atoms with E-state index in [1.165, 1.54) is 12.8 Å². The van der Waals surface area contributed by atoms with Crippen LogP contribution in [0.25, 0.3) is 0 Å². The lowest BCUT2D eigenvalue weighted by atomic mass is 10.2. The van der Waals surface area contributed by atoms with Crippen LogP contribution < -0.4 is 5.32 Å². The second-order valence-electron chi connectivity index (χ2n) is 3.34. The number of amides is 1. The van der Waals surface area contributed by atoms with Crippen LogP contribution in [0.15, 0.2) is 0 Å². The molecule has 2 aliphatic rings. The second-order valence-corrected chi connectivity index (χ2v) is 3.34. The SMILES string of the molecule is CC.O=C1CCNCC2CCCN12. The van der Waals surface area contributed by atoms with E-state index in [1.54, 1.807) is 0 Å². The van der Waals surface area contributed by atoms with Crippen molar-refractivity contribution in [1.82, 2.24) is 10.2 Å². The van der Waals surface area contributed by atoms with Gasteiger partial charge in [0.2, 0.25) is 5.91 Å². The average Bonchev–Trinajstić information content (AvgIpc) is 2.57. The van der Waals surface area contributed by atoms with Crippen LogP contribution in [-0.2, 0) is 4.79 Å². The third kappa shape index (κ3) is 2.44. The quantitative estimate of drug-likeness (QED) is 0.609. The van der Waals surface area contributed by atoms with Crippen molar-refractivity contribution in [2.75, 3.05) is 19.6 Å². The van der Waals surface area contributed by atoms with E-state index in [-0.39, 0.29) is 0 Å². The van der Waals surface area contributed by atoms with E-state index < -0.39 is 0 Å². The fraction of sp³-hybridized carbons (Fsp3) is 0.900. The highest BCUT2D eigenvalue weighted by atomic mass is 16.2. The number of rotatable bonds is 0. The van der Waals surface area contributed by atoms with Crippen LogP contribution in [0, 0.1) is 0 Å². The van der Waals surface area contributed by atoms with E-state index in [4.69, 9.17) is 0 Å². The zero-order valence-electron chi connectivity index (χ0n) is 8.68. The Balaban J connectivity index is 0.000000396. The summed E-state index contributed by atoms with van der Waals surface area (Å²) in [6.07, 6.45) is 3.08. The Hall–Kier alpha value is -0.570. The van der Waals surface area contributed by atoms with Crippen LogP contribution in [0.3, 0.4) is 0 Å². The largest absolute Gasteiger partial charge is 0.338 e. The maximum absolute atomic E-state index is 11.4. The molecule has 3 heteroatoms. The topological polar surface area (TPSA) is 32.3 Å². The molecule has 2 rings (SSSR count). The third-order valence-electron chi connectivity index (χ3n) is 2.59. The summed E-state index contributed by atoms with van der Waals surface area (Å²) in [4.78, 5) is 13.4. The number of hydrogen-bond donors (Lipinski definition) is 1. The van der Waals surface area contributed by atoms with Crippen molar-refractivity contribution in [3.8, 4) is 0 Å². The molecule has 2 fully saturated rings. The molecule has 1 unspecified atom stereocenters. The van der Waals surface area contributed by atoms with Crippen molar-refractivity contribution in [3.05, 3.63) is 0 Å². The molecule has 0 aromatic carbocycles. The molecule has 1 amide bonds. The Morgan fingerprint density at radius 2 is 2.23 bits per heavy atom. The van der Waals surface area contributed by atoms with Crippen molar-refractivity contribution in [3.63, 3.8) is 0 Å². The number of hydrogen-bond acceptors (Lipinski definition) is 2. The van der Waals surface area contributed by atoms with Gasteiger partial charge >= 0.3 is 0 Å². The second kappa shape index (κ2) is 5.22. The van der Waals surface area contributed by atoms with Gasteiger partial charge < -0.3 is 10.2 Å². The van der Waals surface area contributed by atoms with Crippen molar-refractivity contribution in [1.29, 1.82) is 0 Å². The summed E-state index contributed by atoms with van der Waals surface area (Å²) in [7, 11) is 0. The Kier molecular flexibility index (Phi) is 4.22. The molecule has 0 radical (unpaired) electrons. The highest BCUT2D eigenvalue weighted by Crippen LogP contribution is 2.18. The number of nitrogens with one attached hydrogen (secondary N) is 1. The lowest BCUT2D eigenvalue weighted by molar-refractivity contribution is -0.130. The van der Waals surface area contributed by atoms with Gasteiger partial charge in [-0.1, -0.05) is 13.8 Å².